The predicted molar refractivity (Wildman–Crippen MR) is 128 cm³/mol. The predicted octanol–water partition coefficient (Wildman–Crippen LogP) is 5.58. The molecule has 0 aliphatic rings. The zero-order chi connectivity index (χ0) is 26.1. The van der Waals surface area contributed by atoms with Crippen molar-refractivity contribution in [3.8, 4) is 11.5 Å². The fraction of sp³-hybridized carbons (Fsp3) is 0. The third kappa shape index (κ3) is 5.06. The zero-order valence-corrected chi connectivity index (χ0v) is 19.6. The van der Waals surface area contributed by atoms with Gasteiger partial charge in [0.2, 0.25) is 0 Å². The molecule has 4 N–H and O–H groups in total. The molecule has 12 nitrogen and oxygen atoms in total. The summed E-state index contributed by atoms with van der Waals surface area (Å²) < 4.78 is 67.6. The van der Waals surface area contributed by atoms with Crippen molar-refractivity contribution < 1.29 is 36.2 Å². The summed E-state index contributed by atoms with van der Waals surface area (Å²) in [7, 11) is -10.0. The Morgan fingerprint density at radius 3 is 1.25 bits per heavy atom. The van der Waals surface area contributed by atoms with Gasteiger partial charge < -0.3 is 10.2 Å². The maximum atomic E-state index is 12.0. The van der Waals surface area contributed by atoms with Crippen LogP contribution in [0.5, 0.6) is 11.5 Å². The molecule has 0 aromatic heterocycles. The van der Waals surface area contributed by atoms with Crippen molar-refractivity contribution in [1.82, 2.24) is 0 Å². The number of phenols is 2. The lowest BCUT2D eigenvalue weighted by Gasteiger charge is -2.13. The van der Waals surface area contributed by atoms with Crippen molar-refractivity contribution in [1.29, 1.82) is 0 Å². The molecule has 4 aromatic rings. The number of phenolic OH excluding ortho intramolecular Hbond substituents is 2. The minimum absolute atomic E-state index is 0.279. The molecule has 0 unspecified atom stereocenters. The summed E-state index contributed by atoms with van der Waals surface area (Å²) in [6.07, 6.45) is 0. The van der Waals surface area contributed by atoms with E-state index in [1.165, 1.54) is 24.3 Å². The van der Waals surface area contributed by atoms with E-state index in [4.69, 9.17) is 0 Å². The molecule has 0 radical (unpaired) electrons. The van der Waals surface area contributed by atoms with Crippen LogP contribution in [-0.4, -0.2) is 36.2 Å². The summed E-state index contributed by atoms with van der Waals surface area (Å²) in [6, 6.07) is 17.6. The molecule has 0 aliphatic heterocycles. The summed E-state index contributed by atoms with van der Waals surface area (Å²) in [5.74, 6) is -1.90. The van der Waals surface area contributed by atoms with Crippen LogP contribution in [0.1, 0.15) is 0 Å². The van der Waals surface area contributed by atoms with Crippen molar-refractivity contribution in [2.24, 2.45) is 20.5 Å². The number of fused-ring (bicyclic) bond motifs is 1. The first-order valence-corrected chi connectivity index (χ1v) is 12.8. The zero-order valence-electron chi connectivity index (χ0n) is 18.0. The van der Waals surface area contributed by atoms with Gasteiger partial charge in [-0.1, -0.05) is 36.4 Å². The molecule has 14 heteroatoms. The highest BCUT2D eigenvalue weighted by molar-refractivity contribution is 7.86. The van der Waals surface area contributed by atoms with E-state index in [1.807, 2.05) is 0 Å². The molecule has 36 heavy (non-hydrogen) atoms. The first-order chi connectivity index (χ1) is 17.0. The number of hydrogen-bond acceptors (Lipinski definition) is 10. The molecule has 0 heterocycles. The minimum Gasteiger partial charge on any atom is -0.505 e. The smallest absolute Gasteiger partial charge is 0.296 e. The van der Waals surface area contributed by atoms with Crippen molar-refractivity contribution >= 4 is 53.8 Å². The third-order valence-corrected chi connectivity index (χ3v) is 6.58. The SMILES string of the molecule is O=S(=O)(O)c1cc2cc(S(=O)(=O)O)c(N=Nc3ccccc3)c(O)c2c(O)c1N=Nc1ccccc1. The van der Waals surface area contributed by atoms with Crippen LogP contribution in [0.4, 0.5) is 22.7 Å². The summed E-state index contributed by atoms with van der Waals surface area (Å²) >= 11 is 0. The van der Waals surface area contributed by atoms with Crippen LogP contribution in [0, 0.1) is 0 Å². The number of nitrogens with zero attached hydrogens (tertiary/aromatic N) is 4. The Hall–Kier alpha value is -4.24. The molecule has 0 spiro atoms. The second-order valence-corrected chi connectivity index (χ2v) is 10.0. The summed E-state index contributed by atoms with van der Waals surface area (Å²) in [6.45, 7) is 0. The fourth-order valence-electron chi connectivity index (χ4n) is 3.25. The van der Waals surface area contributed by atoms with Crippen molar-refractivity contribution in [2.75, 3.05) is 0 Å². The number of hydrogen-bond donors (Lipinski definition) is 4. The number of azo groups is 2. The summed E-state index contributed by atoms with van der Waals surface area (Å²) in [5, 5.41) is 36.0. The van der Waals surface area contributed by atoms with E-state index < -0.39 is 58.3 Å². The van der Waals surface area contributed by atoms with Gasteiger partial charge in [-0.05, 0) is 41.8 Å². The molecule has 0 atom stereocenters. The first-order valence-electron chi connectivity index (χ1n) is 9.91. The van der Waals surface area contributed by atoms with Crippen LogP contribution < -0.4 is 0 Å². The quantitative estimate of drug-likeness (QED) is 0.184. The molecule has 4 aromatic carbocycles. The maximum Gasteiger partial charge on any atom is 0.296 e. The fourth-order valence-corrected chi connectivity index (χ4v) is 4.57. The van der Waals surface area contributed by atoms with E-state index in [2.05, 4.69) is 20.5 Å². The van der Waals surface area contributed by atoms with Gasteiger partial charge in [0.15, 0.2) is 11.5 Å². The van der Waals surface area contributed by atoms with Gasteiger partial charge >= 0.3 is 0 Å². The highest BCUT2D eigenvalue weighted by Crippen LogP contribution is 2.50. The molecular formula is C22H16N4O8S2. The van der Waals surface area contributed by atoms with E-state index in [0.29, 0.717) is 0 Å². The Bertz CT molecular complexity index is 1610. The molecule has 4 rings (SSSR count). The molecule has 0 saturated heterocycles. The molecule has 0 fully saturated rings. The van der Waals surface area contributed by atoms with Gasteiger partial charge in [-0.3, -0.25) is 9.11 Å². The highest BCUT2D eigenvalue weighted by Gasteiger charge is 2.28. The lowest BCUT2D eigenvalue weighted by molar-refractivity contribution is 0.458. The van der Waals surface area contributed by atoms with Gasteiger partial charge in [0.25, 0.3) is 20.2 Å². The number of benzene rings is 4. The van der Waals surface area contributed by atoms with E-state index in [0.717, 1.165) is 12.1 Å². The Kier molecular flexibility index (Phi) is 6.51. The van der Waals surface area contributed by atoms with Crippen molar-refractivity contribution in [3.05, 3.63) is 72.8 Å². The number of rotatable bonds is 6. The van der Waals surface area contributed by atoms with Gasteiger partial charge in [-0.15, -0.1) is 10.2 Å². The van der Waals surface area contributed by atoms with E-state index in [1.54, 1.807) is 36.4 Å². The molecule has 0 saturated carbocycles. The molecule has 0 amide bonds. The topological polar surface area (TPSA) is 199 Å². The number of aromatic hydroxyl groups is 2. The van der Waals surface area contributed by atoms with Crippen LogP contribution in [0.15, 0.2) is 103 Å². The summed E-state index contributed by atoms with van der Waals surface area (Å²) in [4.78, 5) is -1.85. The second kappa shape index (κ2) is 9.43. The second-order valence-electron chi connectivity index (χ2n) is 7.26. The first kappa shape index (κ1) is 24.9. The normalized spacial score (nSPS) is 12.6. The van der Waals surface area contributed by atoms with Crippen LogP contribution in [0.25, 0.3) is 10.8 Å². The van der Waals surface area contributed by atoms with Gasteiger partial charge in [0.05, 0.1) is 16.8 Å². The Labute approximate surface area is 204 Å². The van der Waals surface area contributed by atoms with Crippen LogP contribution in [0.2, 0.25) is 0 Å². The van der Waals surface area contributed by atoms with Crippen LogP contribution in [-0.2, 0) is 20.2 Å². The standard InChI is InChI=1S/C22H16N4O8S2/c27-21-18-13(11-16(35(29,30)31)19(21)25-23-14-7-3-1-4-8-14)12-17(36(32,33)34)20(22(18)28)26-24-15-9-5-2-6-10-15/h1-12,27-28H,(H,29,30,31)(H,32,33,34). The average Bonchev–Trinajstić information content (AvgIpc) is 2.82. The highest BCUT2D eigenvalue weighted by atomic mass is 32.2. The third-order valence-electron chi connectivity index (χ3n) is 4.85. The van der Waals surface area contributed by atoms with Gasteiger partial charge in [0, 0.05) is 0 Å². The molecule has 184 valence electrons. The maximum absolute atomic E-state index is 12.0. The van der Waals surface area contributed by atoms with Crippen LogP contribution in [0.3, 0.4) is 0 Å². The van der Waals surface area contributed by atoms with Gasteiger partial charge in [0.1, 0.15) is 21.2 Å². The monoisotopic (exact) mass is 528 g/mol. The van der Waals surface area contributed by atoms with Crippen molar-refractivity contribution in [2.45, 2.75) is 9.79 Å². The Morgan fingerprint density at radius 2 is 0.917 bits per heavy atom. The van der Waals surface area contributed by atoms with E-state index >= 15 is 0 Å². The molecule has 0 bridgehead atoms. The van der Waals surface area contributed by atoms with Crippen molar-refractivity contribution in [3.63, 3.8) is 0 Å². The summed E-state index contributed by atoms with van der Waals surface area (Å²) in [5.41, 5.74) is -0.896. The van der Waals surface area contributed by atoms with Gasteiger partial charge in [-0.2, -0.15) is 27.1 Å². The van der Waals surface area contributed by atoms with Gasteiger partial charge in [-0.25, -0.2) is 0 Å². The molecular weight excluding hydrogens is 512 g/mol. The largest absolute Gasteiger partial charge is 0.505 e. The Balaban J connectivity index is 2.04. The van der Waals surface area contributed by atoms with Crippen LogP contribution >= 0.6 is 0 Å². The van der Waals surface area contributed by atoms with E-state index in [9.17, 15) is 36.2 Å². The average molecular weight is 529 g/mol. The lowest BCUT2D eigenvalue weighted by Crippen LogP contribution is -2.01. The Morgan fingerprint density at radius 1 is 0.556 bits per heavy atom. The lowest BCUT2D eigenvalue weighted by atomic mass is 10.1. The van der Waals surface area contributed by atoms with E-state index in [-0.39, 0.29) is 16.8 Å². The molecule has 0 aliphatic carbocycles. The minimum atomic E-state index is -5.02.